The highest BCUT2D eigenvalue weighted by atomic mass is 32.2. The topological polar surface area (TPSA) is 63.2 Å². The van der Waals surface area contributed by atoms with Crippen LogP contribution in [0.5, 0.6) is 0 Å². The van der Waals surface area contributed by atoms with Crippen LogP contribution >= 0.6 is 0 Å². The van der Waals surface area contributed by atoms with Gasteiger partial charge >= 0.3 is 0 Å². The molecule has 1 aliphatic rings. The molecule has 0 amide bonds. The number of sulfonamides is 1. The van der Waals surface area contributed by atoms with Gasteiger partial charge in [-0.1, -0.05) is 30.3 Å². The predicted octanol–water partition coefficient (Wildman–Crippen LogP) is 2.87. The minimum absolute atomic E-state index is 0.266. The van der Waals surface area contributed by atoms with Crippen molar-refractivity contribution in [2.75, 3.05) is 11.4 Å². The second-order valence-corrected chi connectivity index (χ2v) is 7.68. The van der Waals surface area contributed by atoms with Gasteiger partial charge in [0.15, 0.2) is 5.82 Å². The number of benzene rings is 2. The summed E-state index contributed by atoms with van der Waals surface area (Å²) in [6, 6.07) is 16.7. The van der Waals surface area contributed by atoms with E-state index in [2.05, 4.69) is 22.3 Å². The number of hydrogen-bond acceptors (Lipinski definition) is 4. The molecule has 0 unspecified atom stereocenters. The molecule has 0 saturated heterocycles. The molecule has 120 valence electrons. The third kappa shape index (κ3) is 2.27. The summed E-state index contributed by atoms with van der Waals surface area (Å²) in [5.41, 5.74) is 4.54. The molecule has 0 fully saturated rings. The van der Waals surface area contributed by atoms with Gasteiger partial charge in [-0.3, -0.25) is 4.31 Å². The molecular formula is C18H15N3O2S. The van der Waals surface area contributed by atoms with Crippen LogP contribution in [0.2, 0.25) is 0 Å². The molecule has 4 rings (SSSR count). The molecule has 0 bridgehead atoms. The van der Waals surface area contributed by atoms with Gasteiger partial charge in [0.2, 0.25) is 0 Å². The Morgan fingerprint density at radius 2 is 1.75 bits per heavy atom. The Balaban J connectivity index is 1.75. The Bertz CT molecular complexity index is 1020. The predicted molar refractivity (Wildman–Crippen MR) is 92.3 cm³/mol. The van der Waals surface area contributed by atoms with Crippen molar-refractivity contribution in [3.8, 4) is 11.1 Å². The highest BCUT2D eigenvalue weighted by Gasteiger charge is 2.25. The van der Waals surface area contributed by atoms with Crippen LogP contribution in [0.25, 0.3) is 11.1 Å². The highest BCUT2D eigenvalue weighted by Crippen LogP contribution is 2.37. The Morgan fingerprint density at radius 3 is 2.54 bits per heavy atom. The number of nitrogens with zero attached hydrogens (tertiary/aromatic N) is 3. The number of hydrogen-bond donors (Lipinski definition) is 0. The van der Waals surface area contributed by atoms with E-state index in [4.69, 9.17) is 0 Å². The molecule has 0 saturated carbocycles. The molecule has 6 heteroatoms. The van der Waals surface area contributed by atoms with Crippen molar-refractivity contribution in [2.45, 2.75) is 11.3 Å². The van der Waals surface area contributed by atoms with Crippen molar-refractivity contribution in [1.82, 2.24) is 10.2 Å². The van der Waals surface area contributed by atoms with Crippen molar-refractivity contribution in [2.24, 2.45) is 0 Å². The van der Waals surface area contributed by atoms with Gasteiger partial charge in [0.05, 0.1) is 4.90 Å². The van der Waals surface area contributed by atoms with E-state index in [1.807, 2.05) is 18.2 Å². The zero-order valence-electron chi connectivity index (χ0n) is 13.0. The van der Waals surface area contributed by atoms with E-state index in [1.165, 1.54) is 24.4 Å². The summed E-state index contributed by atoms with van der Waals surface area (Å²) in [5, 5.41) is 7.61. The van der Waals surface area contributed by atoms with Crippen LogP contribution in [-0.2, 0) is 16.4 Å². The lowest BCUT2D eigenvalue weighted by Crippen LogP contribution is -2.27. The maximum atomic E-state index is 12.9. The van der Waals surface area contributed by atoms with Crippen molar-refractivity contribution in [3.63, 3.8) is 0 Å². The molecule has 1 heterocycles. The van der Waals surface area contributed by atoms with E-state index in [-0.39, 0.29) is 4.90 Å². The van der Waals surface area contributed by atoms with Gasteiger partial charge < -0.3 is 0 Å². The third-order valence-electron chi connectivity index (χ3n) is 4.30. The fraction of sp³-hybridized carbons (Fsp3) is 0.111. The Morgan fingerprint density at radius 1 is 0.958 bits per heavy atom. The highest BCUT2D eigenvalue weighted by molar-refractivity contribution is 7.92. The molecule has 5 nitrogen and oxygen atoms in total. The zero-order chi connectivity index (χ0) is 16.7. The summed E-state index contributed by atoms with van der Waals surface area (Å²) >= 11 is 0. The SMILES string of the molecule is CN(c1cccnn1)S(=O)(=O)c1ccc2c(c1)Cc1ccccc1-2. The molecule has 1 aromatic heterocycles. The Kier molecular flexibility index (Phi) is 3.35. The summed E-state index contributed by atoms with van der Waals surface area (Å²) in [6.07, 6.45) is 2.26. The maximum Gasteiger partial charge on any atom is 0.265 e. The summed E-state index contributed by atoms with van der Waals surface area (Å²) in [5.74, 6) is 0.293. The molecule has 2 aromatic carbocycles. The first kappa shape index (κ1) is 14.8. The van der Waals surface area contributed by atoms with Crippen LogP contribution in [0, 0.1) is 0 Å². The first-order valence-electron chi connectivity index (χ1n) is 7.55. The first-order valence-corrected chi connectivity index (χ1v) is 8.99. The molecule has 0 aliphatic heterocycles. The molecule has 24 heavy (non-hydrogen) atoms. The first-order chi connectivity index (χ1) is 11.6. The zero-order valence-corrected chi connectivity index (χ0v) is 13.9. The summed E-state index contributed by atoms with van der Waals surface area (Å²) in [6.45, 7) is 0. The van der Waals surface area contributed by atoms with E-state index in [9.17, 15) is 8.42 Å². The monoisotopic (exact) mass is 337 g/mol. The van der Waals surface area contributed by atoms with Gasteiger partial charge in [0.25, 0.3) is 10.0 Å². The maximum absolute atomic E-state index is 12.9. The lowest BCUT2D eigenvalue weighted by molar-refractivity contribution is 0.593. The van der Waals surface area contributed by atoms with E-state index >= 15 is 0 Å². The van der Waals surface area contributed by atoms with E-state index in [0.29, 0.717) is 5.82 Å². The van der Waals surface area contributed by atoms with Gasteiger partial charge in [0, 0.05) is 13.2 Å². The lowest BCUT2D eigenvalue weighted by Gasteiger charge is -2.18. The molecule has 0 atom stereocenters. The molecule has 0 spiro atoms. The largest absolute Gasteiger partial charge is 0.265 e. The van der Waals surface area contributed by atoms with Gasteiger partial charge in [-0.05, 0) is 52.9 Å². The average Bonchev–Trinajstić information content (AvgIpc) is 2.99. The molecule has 0 N–H and O–H groups in total. The van der Waals surface area contributed by atoms with Gasteiger partial charge in [-0.15, -0.1) is 5.10 Å². The standard InChI is InChI=1S/C18H15N3O2S/c1-21(18-7-4-10-19-20-18)24(22,23)15-8-9-17-14(12-15)11-13-5-2-3-6-16(13)17/h2-10,12H,11H2,1H3. The average molecular weight is 337 g/mol. The van der Waals surface area contributed by atoms with E-state index < -0.39 is 10.0 Å². The Hall–Kier alpha value is -2.73. The van der Waals surface area contributed by atoms with Crippen molar-refractivity contribution in [3.05, 3.63) is 71.9 Å². The quantitative estimate of drug-likeness (QED) is 0.577. The van der Waals surface area contributed by atoms with Crippen LogP contribution in [0.4, 0.5) is 5.82 Å². The minimum Gasteiger partial charge on any atom is -0.251 e. The van der Waals surface area contributed by atoms with Crippen LogP contribution in [-0.4, -0.2) is 25.7 Å². The van der Waals surface area contributed by atoms with Crippen LogP contribution in [0.15, 0.2) is 65.7 Å². The van der Waals surface area contributed by atoms with Gasteiger partial charge in [-0.25, -0.2) is 8.42 Å². The summed E-state index contributed by atoms with van der Waals surface area (Å²) in [4.78, 5) is 0.266. The molecule has 1 aliphatic carbocycles. The molecular weight excluding hydrogens is 322 g/mol. The minimum atomic E-state index is -3.67. The van der Waals surface area contributed by atoms with Gasteiger partial charge in [-0.2, -0.15) is 5.10 Å². The number of anilines is 1. The van der Waals surface area contributed by atoms with Crippen molar-refractivity contribution < 1.29 is 8.42 Å². The third-order valence-corrected chi connectivity index (χ3v) is 6.06. The summed E-state index contributed by atoms with van der Waals surface area (Å²) in [7, 11) is -2.18. The normalized spacial score (nSPS) is 12.5. The van der Waals surface area contributed by atoms with Crippen molar-refractivity contribution in [1.29, 1.82) is 0 Å². The number of rotatable bonds is 3. The van der Waals surface area contributed by atoms with E-state index in [0.717, 1.165) is 21.9 Å². The summed E-state index contributed by atoms with van der Waals surface area (Å²) < 4.78 is 26.9. The number of fused-ring (bicyclic) bond motifs is 3. The van der Waals surface area contributed by atoms with Crippen LogP contribution in [0.1, 0.15) is 11.1 Å². The molecule has 0 radical (unpaired) electrons. The van der Waals surface area contributed by atoms with Crippen LogP contribution < -0.4 is 4.31 Å². The van der Waals surface area contributed by atoms with E-state index in [1.54, 1.807) is 24.3 Å². The number of aromatic nitrogens is 2. The fourth-order valence-corrected chi connectivity index (χ4v) is 4.22. The van der Waals surface area contributed by atoms with Crippen LogP contribution in [0.3, 0.4) is 0 Å². The Labute approximate surface area is 140 Å². The smallest absolute Gasteiger partial charge is 0.251 e. The van der Waals surface area contributed by atoms with Crippen molar-refractivity contribution >= 4 is 15.8 Å². The second-order valence-electron chi connectivity index (χ2n) is 5.71. The second kappa shape index (κ2) is 5.42. The lowest BCUT2D eigenvalue weighted by atomic mass is 10.1. The van der Waals surface area contributed by atoms with Gasteiger partial charge in [0.1, 0.15) is 0 Å². The molecule has 3 aromatic rings. The fourth-order valence-electron chi connectivity index (χ4n) is 3.02.